The van der Waals surface area contributed by atoms with Crippen LogP contribution < -0.4 is 5.32 Å². The standard InChI is InChI=1S/C14H19N5O/c1-11-6-9-19(18-11)13-5-4-12(16-17-13)15-10-14(20-2)7-3-8-14/h4-6,9H,3,7-8,10H2,1-2H3,(H,15,16). The monoisotopic (exact) mass is 273 g/mol. The zero-order valence-electron chi connectivity index (χ0n) is 11.8. The van der Waals surface area contributed by atoms with Gasteiger partial charge in [-0.15, -0.1) is 10.2 Å². The molecule has 0 spiro atoms. The molecular formula is C14H19N5O. The molecule has 0 aliphatic heterocycles. The van der Waals surface area contributed by atoms with Gasteiger partial charge in [-0.2, -0.15) is 5.10 Å². The van der Waals surface area contributed by atoms with Gasteiger partial charge in [0.15, 0.2) is 5.82 Å². The molecule has 106 valence electrons. The zero-order chi connectivity index (χ0) is 14.0. The molecule has 0 bridgehead atoms. The summed E-state index contributed by atoms with van der Waals surface area (Å²) in [6.07, 6.45) is 5.32. The van der Waals surface area contributed by atoms with E-state index in [1.165, 1.54) is 6.42 Å². The van der Waals surface area contributed by atoms with Crippen molar-refractivity contribution in [2.24, 2.45) is 0 Å². The number of methoxy groups -OCH3 is 1. The van der Waals surface area contributed by atoms with E-state index >= 15 is 0 Å². The quantitative estimate of drug-likeness (QED) is 0.902. The summed E-state index contributed by atoms with van der Waals surface area (Å²) >= 11 is 0. The molecule has 1 N–H and O–H groups in total. The summed E-state index contributed by atoms with van der Waals surface area (Å²) in [5.41, 5.74) is 0.945. The van der Waals surface area contributed by atoms with Crippen LogP contribution in [0.15, 0.2) is 24.4 Å². The van der Waals surface area contributed by atoms with Crippen molar-refractivity contribution in [3.05, 3.63) is 30.1 Å². The van der Waals surface area contributed by atoms with Crippen molar-refractivity contribution in [3.8, 4) is 5.82 Å². The molecule has 6 heteroatoms. The molecular weight excluding hydrogens is 254 g/mol. The first-order valence-electron chi connectivity index (χ1n) is 6.86. The minimum Gasteiger partial charge on any atom is -0.376 e. The minimum atomic E-state index is -0.0144. The third kappa shape index (κ3) is 2.51. The van der Waals surface area contributed by atoms with Crippen LogP contribution in [0.5, 0.6) is 0 Å². The fourth-order valence-electron chi connectivity index (χ4n) is 2.36. The fraction of sp³-hybridized carbons (Fsp3) is 0.500. The van der Waals surface area contributed by atoms with Gasteiger partial charge in [0.25, 0.3) is 0 Å². The van der Waals surface area contributed by atoms with Crippen molar-refractivity contribution in [2.75, 3.05) is 19.0 Å². The van der Waals surface area contributed by atoms with E-state index in [0.717, 1.165) is 30.9 Å². The van der Waals surface area contributed by atoms with Crippen molar-refractivity contribution in [3.63, 3.8) is 0 Å². The average molecular weight is 273 g/mol. The summed E-state index contributed by atoms with van der Waals surface area (Å²) in [6, 6.07) is 5.76. The Balaban J connectivity index is 1.64. The Morgan fingerprint density at radius 1 is 1.30 bits per heavy atom. The summed E-state index contributed by atoms with van der Waals surface area (Å²) in [6.45, 7) is 2.72. The second-order valence-electron chi connectivity index (χ2n) is 5.27. The maximum Gasteiger partial charge on any atom is 0.175 e. The second-order valence-corrected chi connectivity index (χ2v) is 5.27. The molecule has 0 unspecified atom stereocenters. The molecule has 2 aromatic rings. The lowest BCUT2D eigenvalue weighted by Crippen LogP contribution is -2.45. The molecule has 0 amide bonds. The van der Waals surface area contributed by atoms with Crippen LogP contribution >= 0.6 is 0 Å². The number of anilines is 1. The molecule has 1 saturated carbocycles. The third-order valence-electron chi connectivity index (χ3n) is 3.90. The number of nitrogens with zero attached hydrogens (tertiary/aromatic N) is 4. The molecule has 1 aliphatic carbocycles. The van der Waals surface area contributed by atoms with E-state index in [4.69, 9.17) is 4.74 Å². The number of aryl methyl sites for hydroxylation is 1. The van der Waals surface area contributed by atoms with Crippen molar-refractivity contribution >= 4 is 5.82 Å². The highest BCUT2D eigenvalue weighted by Crippen LogP contribution is 2.34. The molecule has 1 fully saturated rings. The normalized spacial score (nSPS) is 16.7. The van der Waals surface area contributed by atoms with Crippen LogP contribution in [-0.4, -0.2) is 39.2 Å². The van der Waals surface area contributed by atoms with Crippen molar-refractivity contribution in [1.29, 1.82) is 0 Å². The van der Waals surface area contributed by atoms with Crippen LogP contribution in [0.3, 0.4) is 0 Å². The highest BCUT2D eigenvalue weighted by Gasteiger charge is 2.36. The molecule has 0 aromatic carbocycles. The van der Waals surface area contributed by atoms with Crippen molar-refractivity contribution < 1.29 is 4.74 Å². The highest BCUT2D eigenvalue weighted by molar-refractivity contribution is 5.36. The van der Waals surface area contributed by atoms with Crippen LogP contribution in [0.4, 0.5) is 5.82 Å². The van der Waals surface area contributed by atoms with Gasteiger partial charge in [0.1, 0.15) is 5.82 Å². The Kier molecular flexibility index (Phi) is 3.40. The smallest absolute Gasteiger partial charge is 0.175 e. The predicted molar refractivity (Wildman–Crippen MR) is 76.0 cm³/mol. The molecule has 2 heterocycles. The van der Waals surface area contributed by atoms with Gasteiger partial charge < -0.3 is 10.1 Å². The van der Waals surface area contributed by atoms with E-state index in [2.05, 4.69) is 20.6 Å². The van der Waals surface area contributed by atoms with Gasteiger partial charge in [-0.3, -0.25) is 0 Å². The van der Waals surface area contributed by atoms with Gasteiger partial charge in [0.05, 0.1) is 11.3 Å². The lowest BCUT2D eigenvalue weighted by molar-refractivity contribution is -0.0601. The van der Waals surface area contributed by atoms with Crippen molar-refractivity contribution in [1.82, 2.24) is 20.0 Å². The van der Waals surface area contributed by atoms with E-state index in [1.807, 2.05) is 31.3 Å². The lowest BCUT2D eigenvalue weighted by Gasteiger charge is -2.40. The Morgan fingerprint density at radius 3 is 2.65 bits per heavy atom. The summed E-state index contributed by atoms with van der Waals surface area (Å²) in [5.74, 6) is 1.48. The van der Waals surface area contributed by atoms with Crippen molar-refractivity contribution in [2.45, 2.75) is 31.8 Å². The molecule has 0 atom stereocenters. The van der Waals surface area contributed by atoms with E-state index in [0.29, 0.717) is 5.82 Å². The van der Waals surface area contributed by atoms with Gasteiger partial charge in [0, 0.05) is 19.9 Å². The molecule has 6 nitrogen and oxygen atoms in total. The summed E-state index contributed by atoms with van der Waals surface area (Å²) in [5, 5.41) is 16.0. The number of hydrogen-bond acceptors (Lipinski definition) is 5. The number of rotatable bonds is 5. The first-order valence-corrected chi connectivity index (χ1v) is 6.86. The van der Waals surface area contributed by atoms with Gasteiger partial charge in [-0.05, 0) is 44.4 Å². The molecule has 2 aromatic heterocycles. The Labute approximate surface area is 118 Å². The van der Waals surface area contributed by atoms with Crippen LogP contribution in [0.1, 0.15) is 25.0 Å². The largest absolute Gasteiger partial charge is 0.376 e. The zero-order valence-corrected chi connectivity index (χ0v) is 11.8. The number of nitrogens with one attached hydrogen (secondary N) is 1. The number of aromatic nitrogens is 4. The van der Waals surface area contributed by atoms with Crippen LogP contribution in [0.2, 0.25) is 0 Å². The summed E-state index contributed by atoms with van der Waals surface area (Å²) in [4.78, 5) is 0. The summed E-state index contributed by atoms with van der Waals surface area (Å²) < 4.78 is 7.28. The second kappa shape index (κ2) is 5.20. The molecule has 1 aliphatic rings. The SMILES string of the molecule is COC1(CNc2ccc(-n3ccc(C)n3)nn2)CCC1. The molecule has 0 radical (unpaired) electrons. The predicted octanol–water partition coefficient (Wildman–Crippen LogP) is 1.95. The first-order chi connectivity index (χ1) is 9.71. The van der Waals surface area contributed by atoms with E-state index in [-0.39, 0.29) is 5.60 Å². The van der Waals surface area contributed by atoms with E-state index in [9.17, 15) is 0 Å². The van der Waals surface area contributed by atoms with Crippen LogP contribution in [0.25, 0.3) is 5.82 Å². The van der Waals surface area contributed by atoms with E-state index < -0.39 is 0 Å². The third-order valence-corrected chi connectivity index (χ3v) is 3.90. The van der Waals surface area contributed by atoms with Gasteiger partial charge >= 0.3 is 0 Å². The van der Waals surface area contributed by atoms with E-state index in [1.54, 1.807) is 11.8 Å². The Morgan fingerprint density at radius 2 is 2.15 bits per heavy atom. The average Bonchev–Trinajstić information content (AvgIpc) is 2.85. The molecule has 20 heavy (non-hydrogen) atoms. The molecule has 0 saturated heterocycles. The summed E-state index contributed by atoms with van der Waals surface area (Å²) in [7, 11) is 1.77. The topological polar surface area (TPSA) is 64.9 Å². The van der Waals surface area contributed by atoms with Crippen LogP contribution in [0, 0.1) is 6.92 Å². The van der Waals surface area contributed by atoms with Gasteiger partial charge in [-0.25, -0.2) is 4.68 Å². The maximum absolute atomic E-state index is 5.57. The minimum absolute atomic E-state index is 0.0144. The Bertz CT molecular complexity index is 568. The number of hydrogen-bond donors (Lipinski definition) is 1. The van der Waals surface area contributed by atoms with Gasteiger partial charge in [-0.1, -0.05) is 0 Å². The Hall–Kier alpha value is -1.95. The molecule has 3 rings (SSSR count). The highest BCUT2D eigenvalue weighted by atomic mass is 16.5. The number of ether oxygens (including phenoxy) is 1. The first kappa shape index (κ1) is 13.1. The van der Waals surface area contributed by atoms with Crippen LogP contribution in [-0.2, 0) is 4.74 Å². The lowest BCUT2D eigenvalue weighted by atomic mass is 9.80. The fourth-order valence-corrected chi connectivity index (χ4v) is 2.36. The maximum atomic E-state index is 5.57. The van der Waals surface area contributed by atoms with Gasteiger partial charge in [0.2, 0.25) is 0 Å².